The van der Waals surface area contributed by atoms with Gasteiger partial charge in [-0.05, 0) is 44.5 Å². The highest BCUT2D eigenvalue weighted by atomic mass is 19.4. The molecule has 4 aliphatic heterocycles. The van der Waals surface area contributed by atoms with Crippen LogP contribution in [0, 0.1) is 11.8 Å². The molecule has 176 valence electrons. The van der Waals surface area contributed by atoms with Crippen molar-refractivity contribution >= 4 is 29.1 Å². The molecule has 3 saturated heterocycles. The zero-order valence-corrected chi connectivity index (χ0v) is 18.4. The molecule has 0 saturated carbocycles. The van der Waals surface area contributed by atoms with Crippen LogP contribution in [0.4, 0.5) is 24.5 Å². The minimum Gasteiger partial charge on any atom is -0.310 e. The predicted octanol–water partition coefficient (Wildman–Crippen LogP) is 3.55. The Morgan fingerprint density at radius 2 is 1.65 bits per heavy atom. The first-order valence-corrected chi connectivity index (χ1v) is 11.5. The quantitative estimate of drug-likeness (QED) is 0.632. The highest BCUT2D eigenvalue weighted by molar-refractivity contribution is 6.26. The van der Waals surface area contributed by atoms with Gasteiger partial charge in [0, 0.05) is 23.8 Å². The Balaban J connectivity index is 1.57. The number of fused-ring (bicyclic) bond motifs is 7. The van der Waals surface area contributed by atoms with Crippen molar-refractivity contribution in [3.63, 3.8) is 0 Å². The Kier molecular flexibility index (Phi) is 4.34. The second-order valence-electron chi connectivity index (χ2n) is 9.27. The van der Waals surface area contributed by atoms with E-state index in [1.54, 1.807) is 11.0 Å². The summed E-state index contributed by atoms with van der Waals surface area (Å²) >= 11 is 0. The number of hydrogen-bond donors (Lipinski definition) is 0. The van der Waals surface area contributed by atoms with E-state index in [0.717, 1.165) is 18.6 Å². The highest BCUT2D eigenvalue weighted by Crippen LogP contribution is 2.62. The van der Waals surface area contributed by atoms with E-state index < -0.39 is 46.6 Å². The van der Waals surface area contributed by atoms with Crippen LogP contribution in [0.2, 0.25) is 0 Å². The van der Waals surface area contributed by atoms with Crippen molar-refractivity contribution in [3.05, 3.63) is 59.7 Å². The third kappa shape index (κ3) is 2.38. The molecule has 4 atom stereocenters. The lowest BCUT2D eigenvalue weighted by Crippen LogP contribution is -2.56. The van der Waals surface area contributed by atoms with Crippen LogP contribution in [0.15, 0.2) is 48.5 Å². The zero-order chi connectivity index (χ0) is 24.0. The second kappa shape index (κ2) is 6.91. The van der Waals surface area contributed by atoms with E-state index in [1.807, 2.05) is 30.0 Å². The van der Waals surface area contributed by atoms with Crippen molar-refractivity contribution in [2.45, 2.75) is 37.5 Å². The summed E-state index contributed by atoms with van der Waals surface area (Å²) in [6.45, 7) is 2.78. The standard InChI is InChI=1S/C25H22F3N3O3/c1-2-29-16-10-5-3-8-14(16)24(23(29)34)20-19(18-12-7-13-30(18)24)21(32)31(22(20)33)17-11-6-4-9-15(17)25(26,27)28/h3-6,8-11,18-20H,2,7,12-13H2,1H3/t18-,19-,20-,24-/m0/s1. The topological polar surface area (TPSA) is 60.9 Å². The molecule has 6 nitrogen and oxygen atoms in total. The molecule has 0 radical (unpaired) electrons. The van der Waals surface area contributed by atoms with Gasteiger partial charge < -0.3 is 4.90 Å². The van der Waals surface area contributed by atoms with E-state index in [0.29, 0.717) is 35.7 Å². The summed E-state index contributed by atoms with van der Waals surface area (Å²) in [5.41, 5.74) is -1.54. The first kappa shape index (κ1) is 21.3. The number of nitrogens with zero attached hydrogens (tertiary/aromatic N) is 3. The average Bonchev–Trinajstić information content (AvgIpc) is 3.50. The number of amides is 3. The molecule has 34 heavy (non-hydrogen) atoms. The van der Waals surface area contributed by atoms with E-state index >= 15 is 0 Å². The number of hydrogen-bond acceptors (Lipinski definition) is 4. The monoisotopic (exact) mass is 469 g/mol. The third-order valence-corrected chi connectivity index (χ3v) is 7.91. The van der Waals surface area contributed by atoms with Gasteiger partial charge >= 0.3 is 6.18 Å². The molecule has 2 aromatic rings. The molecule has 0 aromatic heterocycles. The van der Waals surface area contributed by atoms with E-state index in [9.17, 15) is 27.6 Å². The maximum atomic E-state index is 14.0. The Labute approximate surface area is 193 Å². The molecular formula is C25H22F3N3O3. The number of para-hydroxylation sites is 2. The fraction of sp³-hybridized carbons (Fsp3) is 0.400. The van der Waals surface area contributed by atoms with Gasteiger partial charge in [-0.15, -0.1) is 0 Å². The van der Waals surface area contributed by atoms with Crippen molar-refractivity contribution < 1.29 is 27.6 Å². The summed E-state index contributed by atoms with van der Waals surface area (Å²) in [5, 5.41) is 0. The lowest BCUT2D eigenvalue weighted by Gasteiger charge is -2.37. The van der Waals surface area contributed by atoms with E-state index in [-0.39, 0.29) is 11.9 Å². The Morgan fingerprint density at radius 1 is 0.971 bits per heavy atom. The van der Waals surface area contributed by atoms with Gasteiger partial charge in [0.05, 0.1) is 23.1 Å². The number of anilines is 2. The molecule has 2 aromatic carbocycles. The Morgan fingerprint density at radius 3 is 2.35 bits per heavy atom. The van der Waals surface area contributed by atoms with Crippen LogP contribution in [-0.2, 0) is 26.1 Å². The molecule has 0 bridgehead atoms. The fourth-order valence-corrected chi connectivity index (χ4v) is 6.80. The van der Waals surface area contributed by atoms with Crippen molar-refractivity contribution in [1.82, 2.24) is 4.90 Å². The van der Waals surface area contributed by atoms with Gasteiger partial charge in [0.1, 0.15) is 5.54 Å². The first-order chi connectivity index (χ1) is 16.2. The van der Waals surface area contributed by atoms with E-state index in [1.165, 1.54) is 12.1 Å². The van der Waals surface area contributed by atoms with Gasteiger partial charge in [-0.3, -0.25) is 19.3 Å². The number of likely N-dealkylation sites (N-methyl/N-ethyl adjacent to an activating group) is 1. The number of benzene rings is 2. The van der Waals surface area contributed by atoms with Gasteiger partial charge in [-0.2, -0.15) is 13.2 Å². The van der Waals surface area contributed by atoms with Crippen LogP contribution < -0.4 is 9.80 Å². The summed E-state index contributed by atoms with van der Waals surface area (Å²) in [6.07, 6.45) is -3.38. The average molecular weight is 469 g/mol. The maximum absolute atomic E-state index is 14.0. The molecule has 0 unspecified atom stereocenters. The van der Waals surface area contributed by atoms with Crippen LogP contribution >= 0.6 is 0 Å². The maximum Gasteiger partial charge on any atom is 0.418 e. The van der Waals surface area contributed by atoms with Crippen molar-refractivity contribution in [1.29, 1.82) is 0 Å². The SMILES string of the molecule is CCN1C(=O)[C@]2(c3ccccc31)[C@@H]1C(=O)N(c3ccccc3C(F)(F)F)C(=O)[C@H]1[C@@H]1CCCN12. The smallest absolute Gasteiger partial charge is 0.310 e. The van der Waals surface area contributed by atoms with E-state index in [4.69, 9.17) is 0 Å². The van der Waals surface area contributed by atoms with Gasteiger partial charge in [-0.1, -0.05) is 30.3 Å². The van der Waals surface area contributed by atoms with Gasteiger partial charge in [0.2, 0.25) is 11.8 Å². The summed E-state index contributed by atoms with van der Waals surface area (Å²) in [5.74, 6) is -3.60. The third-order valence-electron chi connectivity index (χ3n) is 7.91. The van der Waals surface area contributed by atoms with E-state index in [2.05, 4.69) is 0 Å². The van der Waals surface area contributed by atoms with Crippen LogP contribution in [0.1, 0.15) is 30.9 Å². The molecule has 1 spiro atoms. The van der Waals surface area contributed by atoms with Crippen molar-refractivity contribution in [2.75, 3.05) is 22.9 Å². The molecular weight excluding hydrogens is 447 g/mol. The Bertz CT molecular complexity index is 1250. The molecule has 0 aliphatic carbocycles. The Hall–Kier alpha value is -3.20. The van der Waals surface area contributed by atoms with Crippen LogP contribution in [-0.4, -0.2) is 41.8 Å². The highest BCUT2D eigenvalue weighted by Gasteiger charge is 2.75. The van der Waals surface area contributed by atoms with Gasteiger partial charge in [0.25, 0.3) is 5.91 Å². The zero-order valence-electron chi connectivity index (χ0n) is 18.4. The largest absolute Gasteiger partial charge is 0.418 e. The molecule has 3 amide bonds. The summed E-state index contributed by atoms with van der Waals surface area (Å²) in [6, 6.07) is 11.5. The van der Waals surface area contributed by atoms with Crippen LogP contribution in [0.3, 0.4) is 0 Å². The lowest BCUT2D eigenvalue weighted by molar-refractivity contribution is -0.138. The minimum absolute atomic E-state index is 0.275. The normalized spacial score (nSPS) is 30.5. The molecule has 0 N–H and O–H groups in total. The molecule has 3 fully saturated rings. The number of imide groups is 1. The number of carbonyl (C=O) groups is 3. The molecule has 4 aliphatic rings. The van der Waals surface area contributed by atoms with Gasteiger partial charge in [-0.25, -0.2) is 4.90 Å². The number of rotatable bonds is 2. The molecule has 6 rings (SSSR count). The second-order valence-corrected chi connectivity index (χ2v) is 9.27. The van der Waals surface area contributed by atoms with Crippen LogP contribution in [0.25, 0.3) is 0 Å². The summed E-state index contributed by atoms with van der Waals surface area (Å²) in [7, 11) is 0. The van der Waals surface area contributed by atoms with Crippen LogP contribution in [0.5, 0.6) is 0 Å². The fourth-order valence-electron chi connectivity index (χ4n) is 6.80. The number of halogens is 3. The predicted molar refractivity (Wildman–Crippen MR) is 117 cm³/mol. The molecule has 4 heterocycles. The van der Waals surface area contributed by atoms with Crippen molar-refractivity contribution in [2.24, 2.45) is 11.8 Å². The number of alkyl halides is 3. The first-order valence-electron chi connectivity index (χ1n) is 11.5. The lowest BCUT2D eigenvalue weighted by atomic mass is 9.75. The molecule has 9 heteroatoms. The van der Waals surface area contributed by atoms with Gasteiger partial charge in [0.15, 0.2) is 0 Å². The number of carbonyl (C=O) groups excluding carboxylic acids is 3. The van der Waals surface area contributed by atoms with Crippen molar-refractivity contribution in [3.8, 4) is 0 Å². The summed E-state index contributed by atoms with van der Waals surface area (Å²) < 4.78 is 41.4. The summed E-state index contributed by atoms with van der Waals surface area (Å²) in [4.78, 5) is 46.0. The minimum atomic E-state index is -4.74.